The van der Waals surface area contributed by atoms with E-state index in [0.717, 1.165) is 11.1 Å². The lowest BCUT2D eigenvalue weighted by molar-refractivity contribution is 0.516. The quantitative estimate of drug-likeness (QED) is 0.791. The molecule has 20 heavy (non-hydrogen) atoms. The Bertz CT molecular complexity index is 794. The fourth-order valence-electron chi connectivity index (χ4n) is 2.04. The van der Waals surface area contributed by atoms with Crippen LogP contribution in [-0.4, -0.2) is 4.98 Å². The Hall–Kier alpha value is -2.62. The fraction of sp³-hybridized carbons (Fsp3) is 0.125. The van der Waals surface area contributed by atoms with Crippen molar-refractivity contribution in [2.75, 3.05) is 5.32 Å². The van der Waals surface area contributed by atoms with E-state index in [2.05, 4.69) is 10.3 Å². The van der Waals surface area contributed by atoms with Gasteiger partial charge in [-0.25, -0.2) is 4.79 Å². The first-order valence-electron chi connectivity index (χ1n) is 6.42. The molecule has 0 aliphatic carbocycles. The molecule has 0 aliphatic rings. The molecule has 100 valence electrons. The maximum atomic E-state index is 11.9. The van der Waals surface area contributed by atoms with E-state index in [1.54, 1.807) is 6.07 Å². The number of hydrogen-bond donors (Lipinski definition) is 1. The van der Waals surface area contributed by atoms with Gasteiger partial charge < -0.3 is 9.73 Å². The summed E-state index contributed by atoms with van der Waals surface area (Å²) in [6.07, 6.45) is 0. The Labute approximate surface area is 116 Å². The topological polar surface area (TPSA) is 55.1 Å². The minimum Gasteiger partial charge on any atom is -0.389 e. The zero-order valence-corrected chi connectivity index (χ0v) is 11.1. The summed E-state index contributed by atoms with van der Waals surface area (Å²) < 4.78 is 5.19. The molecule has 4 nitrogen and oxygen atoms in total. The fourth-order valence-corrected chi connectivity index (χ4v) is 2.04. The molecule has 3 aromatic rings. The van der Waals surface area contributed by atoms with E-state index in [9.17, 15) is 4.79 Å². The molecule has 1 heterocycles. The molecule has 1 N–H and O–H groups in total. The molecular formula is C16H14N2O2. The summed E-state index contributed by atoms with van der Waals surface area (Å²) in [5.74, 6) is 0. The van der Waals surface area contributed by atoms with Gasteiger partial charge in [-0.2, -0.15) is 4.98 Å². The number of benzene rings is 2. The Balaban J connectivity index is 1.89. The second kappa shape index (κ2) is 5.17. The lowest BCUT2D eigenvalue weighted by atomic mass is 10.2. The molecule has 0 bridgehead atoms. The van der Waals surface area contributed by atoms with E-state index in [-0.39, 0.29) is 11.6 Å². The molecule has 2 aromatic carbocycles. The van der Waals surface area contributed by atoms with Crippen LogP contribution in [0.5, 0.6) is 0 Å². The SMILES string of the molecule is Cc1ccc2nc(NCc3ccccc3)oc(=O)c2c1. The average Bonchev–Trinajstić information content (AvgIpc) is 2.47. The van der Waals surface area contributed by atoms with Gasteiger partial charge in [0.05, 0.1) is 10.9 Å². The predicted octanol–water partition coefficient (Wildman–Crippen LogP) is 3.11. The Morgan fingerprint density at radius 3 is 2.75 bits per heavy atom. The Morgan fingerprint density at radius 2 is 1.95 bits per heavy atom. The highest BCUT2D eigenvalue weighted by Crippen LogP contribution is 2.13. The van der Waals surface area contributed by atoms with Crippen molar-refractivity contribution >= 4 is 16.9 Å². The highest BCUT2D eigenvalue weighted by molar-refractivity contribution is 5.78. The molecule has 0 aliphatic heterocycles. The van der Waals surface area contributed by atoms with Crippen molar-refractivity contribution in [3.63, 3.8) is 0 Å². The minimum atomic E-state index is -0.366. The summed E-state index contributed by atoms with van der Waals surface area (Å²) in [6.45, 7) is 2.49. The van der Waals surface area contributed by atoms with Crippen LogP contribution >= 0.6 is 0 Å². The first-order chi connectivity index (χ1) is 9.72. The third-order valence-electron chi connectivity index (χ3n) is 3.07. The molecule has 1 aromatic heterocycles. The molecule has 0 amide bonds. The van der Waals surface area contributed by atoms with E-state index < -0.39 is 0 Å². The van der Waals surface area contributed by atoms with Gasteiger partial charge >= 0.3 is 5.63 Å². The van der Waals surface area contributed by atoms with Gasteiger partial charge in [0.25, 0.3) is 6.01 Å². The number of fused-ring (bicyclic) bond motifs is 1. The van der Waals surface area contributed by atoms with Crippen LogP contribution in [-0.2, 0) is 6.54 Å². The van der Waals surface area contributed by atoms with Crippen molar-refractivity contribution in [3.8, 4) is 0 Å². The number of hydrogen-bond acceptors (Lipinski definition) is 4. The molecule has 3 rings (SSSR count). The van der Waals surface area contributed by atoms with Crippen LogP contribution in [0.1, 0.15) is 11.1 Å². The van der Waals surface area contributed by atoms with Gasteiger partial charge in [0.2, 0.25) is 0 Å². The zero-order valence-electron chi connectivity index (χ0n) is 11.1. The monoisotopic (exact) mass is 266 g/mol. The van der Waals surface area contributed by atoms with Gasteiger partial charge in [0.1, 0.15) is 0 Å². The summed E-state index contributed by atoms with van der Waals surface area (Å²) in [6, 6.07) is 15.7. The maximum Gasteiger partial charge on any atom is 0.348 e. The van der Waals surface area contributed by atoms with Crippen molar-refractivity contribution in [2.45, 2.75) is 13.5 Å². The lowest BCUT2D eigenvalue weighted by Gasteiger charge is -2.05. The highest BCUT2D eigenvalue weighted by Gasteiger charge is 2.06. The molecule has 0 saturated heterocycles. The van der Waals surface area contributed by atoms with Crippen LogP contribution in [0, 0.1) is 6.92 Å². The van der Waals surface area contributed by atoms with E-state index in [4.69, 9.17) is 4.42 Å². The number of anilines is 1. The largest absolute Gasteiger partial charge is 0.389 e. The third kappa shape index (κ3) is 2.54. The van der Waals surface area contributed by atoms with Gasteiger partial charge in [-0.15, -0.1) is 0 Å². The van der Waals surface area contributed by atoms with Crippen LogP contribution < -0.4 is 10.9 Å². The predicted molar refractivity (Wildman–Crippen MR) is 78.8 cm³/mol. The van der Waals surface area contributed by atoms with Crippen LogP contribution in [0.3, 0.4) is 0 Å². The number of aryl methyl sites for hydroxylation is 1. The summed E-state index contributed by atoms with van der Waals surface area (Å²) in [5.41, 5.74) is 2.38. The van der Waals surface area contributed by atoms with Crippen LogP contribution in [0.2, 0.25) is 0 Å². The molecule has 0 radical (unpaired) electrons. The Morgan fingerprint density at radius 1 is 1.15 bits per heavy atom. The standard InChI is InChI=1S/C16H14N2O2/c1-11-7-8-14-13(9-11)15(19)20-16(18-14)17-10-12-5-3-2-4-6-12/h2-9H,10H2,1H3,(H,17,18). The number of nitrogens with zero attached hydrogens (tertiary/aromatic N) is 1. The normalized spacial score (nSPS) is 10.7. The van der Waals surface area contributed by atoms with Gasteiger partial charge in [-0.3, -0.25) is 0 Å². The molecule has 0 unspecified atom stereocenters. The van der Waals surface area contributed by atoms with Gasteiger partial charge in [-0.05, 0) is 24.6 Å². The average molecular weight is 266 g/mol. The van der Waals surface area contributed by atoms with Gasteiger partial charge in [0.15, 0.2) is 0 Å². The lowest BCUT2D eigenvalue weighted by Crippen LogP contribution is -2.08. The summed E-state index contributed by atoms with van der Waals surface area (Å²) in [7, 11) is 0. The summed E-state index contributed by atoms with van der Waals surface area (Å²) in [5, 5.41) is 3.54. The van der Waals surface area contributed by atoms with E-state index in [1.165, 1.54) is 0 Å². The van der Waals surface area contributed by atoms with E-state index >= 15 is 0 Å². The van der Waals surface area contributed by atoms with Crippen molar-refractivity contribution in [2.24, 2.45) is 0 Å². The molecule has 4 heteroatoms. The smallest absolute Gasteiger partial charge is 0.348 e. The number of aromatic nitrogens is 1. The summed E-state index contributed by atoms with van der Waals surface area (Å²) in [4.78, 5) is 16.2. The second-order valence-corrected chi connectivity index (χ2v) is 4.67. The molecule has 0 spiro atoms. The zero-order chi connectivity index (χ0) is 13.9. The van der Waals surface area contributed by atoms with Crippen LogP contribution in [0.4, 0.5) is 6.01 Å². The summed E-state index contributed by atoms with van der Waals surface area (Å²) >= 11 is 0. The first kappa shape index (κ1) is 12.4. The first-order valence-corrected chi connectivity index (χ1v) is 6.42. The van der Waals surface area contributed by atoms with E-state index in [1.807, 2.05) is 49.4 Å². The highest BCUT2D eigenvalue weighted by atomic mass is 16.4. The molecule has 0 atom stereocenters. The second-order valence-electron chi connectivity index (χ2n) is 4.67. The third-order valence-corrected chi connectivity index (χ3v) is 3.07. The van der Waals surface area contributed by atoms with Gasteiger partial charge in [0, 0.05) is 6.54 Å². The van der Waals surface area contributed by atoms with E-state index in [0.29, 0.717) is 17.4 Å². The molecule has 0 saturated carbocycles. The number of nitrogens with one attached hydrogen (secondary N) is 1. The minimum absolute atomic E-state index is 0.246. The van der Waals surface area contributed by atoms with Crippen molar-refractivity contribution in [1.82, 2.24) is 4.98 Å². The van der Waals surface area contributed by atoms with Crippen LogP contribution in [0.25, 0.3) is 10.9 Å². The van der Waals surface area contributed by atoms with Crippen molar-refractivity contribution < 1.29 is 4.42 Å². The molecule has 0 fully saturated rings. The Kier molecular flexibility index (Phi) is 3.21. The molecular weight excluding hydrogens is 252 g/mol. The maximum absolute atomic E-state index is 11.9. The number of rotatable bonds is 3. The van der Waals surface area contributed by atoms with Crippen molar-refractivity contribution in [1.29, 1.82) is 0 Å². The van der Waals surface area contributed by atoms with Crippen molar-refractivity contribution in [3.05, 3.63) is 70.1 Å². The van der Waals surface area contributed by atoms with Crippen LogP contribution in [0.15, 0.2) is 57.7 Å². The van der Waals surface area contributed by atoms with Gasteiger partial charge in [-0.1, -0.05) is 42.0 Å².